The summed E-state index contributed by atoms with van der Waals surface area (Å²) in [6, 6.07) is 4.55. The highest BCUT2D eigenvalue weighted by Gasteiger charge is 2.23. The molecule has 4 rings (SSSR count). The van der Waals surface area contributed by atoms with Crippen LogP contribution in [0.5, 0.6) is 0 Å². The van der Waals surface area contributed by atoms with Crippen molar-refractivity contribution in [3.8, 4) is 5.69 Å². The first-order chi connectivity index (χ1) is 12.6. The van der Waals surface area contributed by atoms with E-state index < -0.39 is 0 Å². The van der Waals surface area contributed by atoms with Gasteiger partial charge in [0.15, 0.2) is 0 Å². The van der Waals surface area contributed by atoms with Crippen LogP contribution < -0.4 is 0 Å². The number of piperazine rings is 1. The lowest BCUT2D eigenvalue weighted by Gasteiger charge is -2.36. The van der Waals surface area contributed by atoms with E-state index in [1.54, 1.807) is 0 Å². The molecule has 2 aromatic rings. The summed E-state index contributed by atoms with van der Waals surface area (Å²) in [6.45, 7) is 8.17. The van der Waals surface area contributed by atoms with Crippen LogP contribution in [0.15, 0.2) is 22.9 Å². The van der Waals surface area contributed by atoms with Crippen LogP contribution in [0.3, 0.4) is 0 Å². The van der Waals surface area contributed by atoms with Crippen molar-refractivity contribution in [2.24, 2.45) is 0 Å². The number of hydrogen-bond donors (Lipinski definition) is 0. The third-order valence-electron chi connectivity index (χ3n) is 5.54. The van der Waals surface area contributed by atoms with E-state index in [0.29, 0.717) is 6.04 Å². The van der Waals surface area contributed by atoms with Gasteiger partial charge in [-0.3, -0.25) is 9.88 Å². The van der Waals surface area contributed by atoms with Crippen LogP contribution in [0.25, 0.3) is 5.69 Å². The van der Waals surface area contributed by atoms with Gasteiger partial charge in [-0.2, -0.15) is 5.10 Å². The molecular formula is C19H26BrN5O. The quantitative estimate of drug-likeness (QED) is 0.764. The summed E-state index contributed by atoms with van der Waals surface area (Å²) in [5.74, 6) is 0. The van der Waals surface area contributed by atoms with Gasteiger partial charge in [-0.15, -0.1) is 0 Å². The number of hydrogen-bond acceptors (Lipinski definition) is 5. The summed E-state index contributed by atoms with van der Waals surface area (Å²) >= 11 is 3.63. The summed E-state index contributed by atoms with van der Waals surface area (Å²) in [6.07, 6.45) is 3.71. The van der Waals surface area contributed by atoms with Gasteiger partial charge in [-0.25, -0.2) is 4.68 Å². The molecule has 0 spiro atoms. The molecule has 140 valence electrons. The Labute approximate surface area is 163 Å². The first-order valence-corrected chi connectivity index (χ1v) is 10.2. The highest BCUT2D eigenvalue weighted by atomic mass is 79.9. The van der Waals surface area contributed by atoms with Crippen LogP contribution in [0.1, 0.15) is 29.9 Å². The second kappa shape index (κ2) is 7.76. The van der Waals surface area contributed by atoms with Crippen LogP contribution in [0, 0.1) is 0 Å². The maximum atomic E-state index is 5.65. The standard InChI is InChI=1S/C19H26BrN5O/c1-14(24-9-7-23(2)8-10-24)17-13-15(3-6-21-17)25-18-5-12-26-11-4-16(18)19(20)22-25/h3,6,13-14H,4-5,7-12H2,1-2H3. The molecule has 2 aliphatic rings. The Morgan fingerprint density at radius 3 is 2.73 bits per heavy atom. The summed E-state index contributed by atoms with van der Waals surface area (Å²) in [4.78, 5) is 9.56. The van der Waals surface area contributed by atoms with E-state index in [1.165, 1.54) is 11.3 Å². The average molecular weight is 420 g/mol. The highest BCUT2D eigenvalue weighted by molar-refractivity contribution is 9.10. The van der Waals surface area contributed by atoms with Crippen molar-refractivity contribution in [3.63, 3.8) is 0 Å². The number of rotatable bonds is 3. The lowest BCUT2D eigenvalue weighted by atomic mass is 10.1. The predicted octanol–water partition coefficient (Wildman–Crippen LogP) is 2.45. The predicted molar refractivity (Wildman–Crippen MR) is 105 cm³/mol. The van der Waals surface area contributed by atoms with Crippen molar-refractivity contribution in [2.75, 3.05) is 46.4 Å². The lowest BCUT2D eigenvalue weighted by molar-refractivity contribution is 0.117. The zero-order chi connectivity index (χ0) is 18.1. The van der Waals surface area contributed by atoms with E-state index in [0.717, 1.165) is 68.2 Å². The van der Waals surface area contributed by atoms with Crippen molar-refractivity contribution in [2.45, 2.75) is 25.8 Å². The Bertz CT molecular complexity index is 769. The Kier molecular flexibility index (Phi) is 5.40. The highest BCUT2D eigenvalue weighted by Crippen LogP contribution is 2.27. The second-order valence-corrected chi connectivity index (χ2v) is 7.95. The fourth-order valence-electron chi connectivity index (χ4n) is 3.81. The molecule has 0 saturated carbocycles. The summed E-state index contributed by atoms with van der Waals surface area (Å²) in [5.41, 5.74) is 4.71. The van der Waals surface area contributed by atoms with Gasteiger partial charge in [0.25, 0.3) is 0 Å². The molecule has 0 aliphatic carbocycles. The fraction of sp³-hybridized carbons (Fsp3) is 0.579. The van der Waals surface area contributed by atoms with Crippen LogP contribution in [0.2, 0.25) is 0 Å². The van der Waals surface area contributed by atoms with Crippen LogP contribution >= 0.6 is 15.9 Å². The molecule has 26 heavy (non-hydrogen) atoms. The summed E-state index contributed by atoms with van der Waals surface area (Å²) < 4.78 is 8.65. The van der Waals surface area contributed by atoms with Gasteiger partial charge in [-0.05, 0) is 42.0 Å². The molecule has 2 aliphatic heterocycles. The zero-order valence-corrected chi connectivity index (χ0v) is 17.1. The van der Waals surface area contributed by atoms with E-state index in [9.17, 15) is 0 Å². The van der Waals surface area contributed by atoms with Gasteiger partial charge in [-0.1, -0.05) is 0 Å². The lowest BCUT2D eigenvalue weighted by Crippen LogP contribution is -2.45. The third kappa shape index (κ3) is 3.58. The largest absolute Gasteiger partial charge is 0.381 e. The number of ether oxygens (including phenoxy) is 1. The third-order valence-corrected chi connectivity index (χ3v) is 6.18. The number of likely N-dealkylation sites (N-methyl/N-ethyl adjacent to an activating group) is 1. The topological polar surface area (TPSA) is 46.4 Å². The molecule has 0 aromatic carbocycles. The van der Waals surface area contributed by atoms with Crippen molar-refractivity contribution in [1.82, 2.24) is 24.6 Å². The van der Waals surface area contributed by atoms with Crippen molar-refractivity contribution < 1.29 is 4.74 Å². The first kappa shape index (κ1) is 18.1. The van der Waals surface area contributed by atoms with E-state index >= 15 is 0 Å². The maximum absolute atomic E-state index is 5.65. The number of aromatic nitrogens is 3. The Morgan fingerprint density at radius 2 is 1.92 bits per heavy atom. The van der Waals surface area contributed by atoms with Crippen molar-refractivity contribution >= 4 is 15.9 Å². The SMILES string of the molecule is CC(c1cc(-n2nc(Br)c3c2CCOCC3)ccn1)N1CCN(C)CC1. The minimum absolute atomic E-state index is 0.310. The molecule has 0 N–H and O–H groups in total. The Hall–Kier alpha value is -1.28. The number of halogens is 1. The zero-order valence-electron chi connectivity index (χ0n) is 15.5. The van der Waals surface area contributed by atoms with Gasteiger partial charge < -0.3 is 9.64 Å². The fourth-order valence-corrected chi connectivity index (χ4v) is 4.40. The molecule has 0 bridgehead atoms. The molecule has 1 fully saturated rings. The molecule has 1 atom stereocenters. The molecule has 1 unspecified atom stereocenters. The molecule has 1 saturated heterocycles. The molecular weight excluding hydrogens is 394 g/mol. The summed E-state index contributed by atoms with van der Waals surface area (Å²) in [7, 11) is 2.19. The monoisotopic (exact) mass is 419 g/mol. The summed E-state index contributed by atoms with van der Waals surface area (Å²) in [5, 5.41) is 4.76. The van der Waals surface area contributed by atoms with Crippen molar-refractivity contribution in [3.05, 3.63) is 39.9 Å². The van der Waals surface area contributed by atoms with E-state index in [2.05, 4.69) is 55.4 Å². The number of fused-ring (bicyclic) bond motifs is 1. The minimum atomic E-state index is 0.310. The van der Waals surface area contributed by atoms with Gasteiger partial charge in [0, 0.05) is 56.8 Å². The van der Waals surface area contributed by atoms with Gasteiger partial charge in [0.2, 0.25) is 0 Å². The van der Waals surface area contributed by atoms with Gasteiger partial charge in [0.05, 0.1) is 30.3 Å². The number of pyridine rings is 1. The molecule has 7 heteroatoms. The van der Waals surface area contributed by atoms with E-state index in [1.807, 2.05) is 12.3 Å². The molecule has 4 heterocycles. The van der Waals surface area contributed by atoms with E-state index in [-0.39, 0.29) is 0 Å². The van der Waals surface area contributed by atoms with Gasteiger partial charge >= 0.3 is 0 Å². The molecule has 0 amide bonds. The average Bonchev–Trinajstić information content (AvgIpc) is 2.84. The van der Waals surface area contributed by atoms with Crippen LogP contribution in [0.4, 0.5) is 0 Å². The molecule has 0 radical (unpaired) electrons. The molecule has 6 nitrogen and oxygen atoms in total. The van der Waals surface area contributed by atoms with Crippen molar-refractivity contribution in [1.29, 1.82) is 0 Å². The van der Waals surface area contributed by atoms with E-state index in [4.69, 9.17) is 9.84 Å². The maximum Gasteiger partial charge on any atom is 0.132 e. The first-order valence-electron chi connectivity index (χ1n) is 9.36. The normalized spacial score (nSPS) is 20.6. The number of nitrogens with zero attached hydrogens (tertiary/aromatic N) is 5. The molecule has 2 aromatic heterocycles. The van der Waals surface area contributed by atoms with Gasteiger partial charge in [0.1, 0.15) is 4.60 Å². The second-order valence-electron chi connectivity index (χ2n) is 7.19. The van der Waals surface area contributed by atoms with Crippen LogP contribution in [-0.4, -0.2) is 71.0 Å². The Morgan fingerprint density at radius 1 is 1.15 bits per heavy atom. The minimum Gasteiger partial charge on any atom is -0.381 e. The Balaban J connectivity index is 1.62. The van der Waals surface area contributed by atoms with Crippen LogP contribution in [-0.2, 0) is 17.6 Å². The smallest absolute Gasteiger partial charge is 0.132 e.